The zero-order valence-corrected chi connectivity index (χ0v) is 15.5. The van der Waals surface area contributed by atoms with E-state index in [9.17, 15) is 18.8 Å². The molecule has 7 heteroatoms. The molecule has 3 fully saturated rings. The van der Waals surface area contributed by atoms with Gasteiger partial charge >= 0.3 is 0 Å². The Kier molecular flexibility index (Phi) is 4.00. The number of hydrogen-bond donors (Lipinski definition) is 0. The first kappa shape index (κ1) is 17.4. The minimum atomic E-state index is -0.272. The number of allylic oxidation sites excluding steroid dienone is 2. The van der Waals surface area contributed by atoms with Gasteiger partial charge in [0.25, 0.3) is 0 Å². The summed E-state index contributed by atoms with van der Waals surface area (Å²) >= 11 is 0. The first-order chi connectivity index (χ1) is 13.5. The Labute approximate surface area is 162 Å². The van der Waals surface area contributed by atoms with E-state index in [0.717, 1.165) is 12.1 Å². The third-order valence-corrected chi connectivity index (χ3v) is 6.68. The van der Waals surface area contributed by atoms with Gasteiger partial charge in [0, 0.05) is 31.9 Å². The van der Waals surface area contributed by atoms with Crippen molar-refractivity contribution in [2.75, 3.05) is 37.6 Å². The van der Waals surface area contributed by atoms with Crippen LogP contribution in [0.2, 0.25) is 0 Å². The van der Waals surface area contributed by atoms with Crippen LogP contribution in [0, 0.1) is 29.5 Å². The van der Waals surface area contributed by atoms with E-state index in [2.05, 4.69) is 17.1 Å². The van der Waals surface area contributed by atoms with Crippen molar-refractivity contribution in [2.45, 2.75) is 6.42 Å². The van der Waals surface area contributed by atoms with Crippen molar-refractivity contribution in [3.63, 3.8) is 0 Å². The Morgan fingerprint density at radius 3 is 2.07 bits per heavy atom. The van der Waals surface area contributed by atoms with Gasteiger partial charge in [0.2, 0.25) is 17.7 Å². The number of hydrogen-bond acceptors (Lipinski definition) is 4. The molecule has 1 saturated carbocycles. The molecule has 6 nitrogen and oxygen atoms in total. The third-order valence-electron chi connectivity index (χ3n) is 6.68. The summed E-state index contributed by atoms with van der Waals surface area (Å²) in [5, 5.41) is 0. The summed E-state index contributed by atoms with van der Waals surface area (Å²) in [4.78, 5) is 43.2. The van der Waals surface area contributed by atoms with Crippen LogP contribution < -0.4 is 4.90 Å². The van der Waals surface area contributed by atoms with Crippen molar-refractivity contribution >= 4 is 23.4 Å². The van der Waals surface area contributed by atoms with Crippen molar-refractivity contribution in [1.82, 2.24) is 9.80 Å². The number of piperazine rings is 1. The van der Waals surface area contributed by atoms with E-state index in [1.54, 1.807) is 17.0 Å². The molecule has 1 aromatic rings. The number of imide groups is 1. The fourth-order valence-electron chi connectivity index (χ4n) is 5.22. The lowest BCUT2D eigenvalue weighted by Crippen LogP contribution is -2.52. The minimum Gasteiger partial charge on any atom is -0.368 e. The molecule has 4 aliphatic rings. The molecule has 0 aromatic heterocycles. The monoisotopic (exact) mass is 383 g/mol. The van der Waals surface area contributed by atoms with Gasteiger partial charge < -0.3 is 9.80 Å². The van der Waals surface area contributed by atoms with Crippen molar-refractivity contribution in [3.8, 4) is 0 Å². The fraction of sp³-hybridized carbons (Fsp3) is 0.476. The second-order valence-electron chi connectivity index (χ2n) is 8.11. The van der Waals surface area contributed by atoms with Gasteiger partial charge in [-0.1, -0.05) is 12.2 Å². The number of benzene rings is 1. The second-order valence-corrected chi connectivity index (χ2v) is 8.11. The van der Waals surface area contributed by atoms with Crippen LogP contribution >= 0.6 is 0 Å². The zero-order valence-electron chi connectivity index (χ0n) is 15.5. The number of fused-ring (bicyclic) bond motifs is 5. The summed E-state index contributed by atoms with van der Waals surface area (Å²) in [5.41, 5.74) is 0.925. The Bertz CT molecular complexity index is 830. The number of nitrogens with zero attached hydrogens (tertiary/aromatic N) is 3. The Morgan fingerprint density at radius 2 is 1.50 bits per heavy atom. The third kappa shape index (κ3) is 2.64. The molecule has 2 saturated heterocycles. The molecule has 2 aliphatic carbocycles. The first-order valence-electron chi connectivity index (χ1n) is 9.85. The van der Waals surface area contributed by atoms with Gasteiger partial charge in [-0.3, -0.25) is 19.3 Å². The summed E-state index contributed by atoms with van der Waals surface area (Å²) in [6.07, 6.45) is 4.99. The fourth-order valence-corrected chi connectivity index (χ4v) is 5.22. The average Bonchev–Trinajstić information content (AvgIpc) is 3.39. The van der Waals surface area contributed by atoms with Gasteiger partial charge in [-0.05, 0) is 42.5 Å². The topological polar surface area (TPSA) is 60.9 Å². The number of amides is 3. The molecule has 146 valence electrons. The molecule has 2 heterocycles. The lowest BCUT2D eigenvalue weighted by molar-refractivity contribution is -0.147. The van der Waals surface area contributed by atoms with Gasteiger partial charge in [0.1, 0.15) is 12.4 Å². The normalized spacial score (nSPS) is 31.1. The molecule has 0 radical (unpaired) electrons. The van der Waals surface area contributed by atoms with Crippen LogP contribution in [0.15, 0.2) is 36.4 Å². The van der Waals surface area contributed by atoms with Gasteiger partial charge in [-0.2, -0.15) is 0 Å². The van der Waals surface area contributed by atoms with Gasteiger partial charge in [0.15, 0.2) is 0 Å². The Balaban J connectivity index is 1.20. The highest BCUT2D eigenvalue weighted by Gasteiger charge is 2.59. The molecule has 5 rings (SSSR count). The lowest BCUT2D eigenvalue weighted by Gasteiger charge is -2.36. The highest BCUT2D eigenvalue weighted by atomic mass is 19.1. The van der Waals surface area contributed by atoms with Gasteiger partial charge in [-0.25, -0.2) is 4.39 Å². The van der Waals surface area contributed by atoms with E-state index in [0.29, 0.717) is 26.2 Å². The van der Waals surface area contributed by atoms with Gasteiger partial charge in [0.05, 0.1) is 11.8 Å². The number of halogens is 1. The predicted molar refractivity (Wildman–Crippen MR) is 99.6 cm³/mol. The van der Waals surface area contributed by atoms with Crippen molar-refractivity contribution in [3.05, 3.63) is 42.2 Å². The first-order valence-corrected chi connectivity index (χ1v) is 9.85. The number of carbonyl (C=O) groups excluding carboxylic acids is 3. The average molecular weight is 383 g/mol. The van der Waals surface area contributed by atoms with E-state index in [-0.39, 0.29) is 53.8 Å². The maximum Gasteiger partial charge on any atom is 0.242 e. The number of carbonyl (C=O) groups is 3. The van der Waals surface area contributed by atoms with Crippen molar-refractivity contribution in [2.24, 2.45) is 23.7 Å². The molecule has 1 aromatic carbocycles. The van der Waals surface area contributed by atoms with E-state index in [1.807, 2.05) is 0 Å². The maximum atomic E-state index is 13.1. The summed E-state index contributed by atoms with van der Waals surface area (Å²) in [5.74, 6) is -1.00. The van der Waals surface area contributed by atoms with E-state index >= 15 is 0 Å². The number of rotatable bonds is 3. The number of likely N-dealkylation sites (tertiary alicyclic amines) is 1. The molecule has 2 bridgehead atoms. The van der Waals surface area contributed by atoms with E-state index in [1.165, 1.54) is 17.0 Å². The molecular formula is C21H22FN3O3. The highest BCUT2D eigenvalue weighted by molar-refractivity contribution is 6.08. The summed E-state index contributed by atoms with van der Waals surface area (Å²) in [7, 11) is 0. The summed E-state index contributed by atoms with van der Waals surface area (Å²) in [6, 6.07) is 6.32. The molecule has 3 amide bonds. The van der Waals surface area contributed by atoms with E-state index in [4.69, 9.17) is 0 Å². The van der Waals surface area contributed by atoms with Crippen LogP contribution in [-0.4, -0.2) is 60.2 Å². The highest BCUT2D eigenvalue weighted by Crippen LogP contribution is 2.52. The summed E-state index contributed by atoms with van der Waals surface area (Å²) < 4.78 is 13.1. The molecule has 28 heavy (non-hydrogen) atoms. The molecule has 0 N–H and O–H groups in total. The van der Waals surface area contributed by atoms with Crippen LogP contribution in [0.5, 0.6) is 0 Å². The molecule has 0 unspecified atom stereocenters. The zero-order chi connectivity index (χ0) is 19.4. The van der Waals surface area contributed by atoms with Crippen molar-refractivity contribution in [1.29, 1.82) is 0 Å². The largest absolute Gasteiger partial charge is 0.368 e. The van der Waals surface area contributed by atoms with E-state index < -0.39 is 0 Å². The molecule has 0 spiro atoms. The van der Waals surface area contributed by atoms with Crippen LogP contribution in [-0.2, 0) is 14.4 Å². The van der Waals surface area contributed by atoms with Crippen LogP contribution in [0.4, 0.5) is 10.1 Å². The molecule has 2 aliphatic heterocycles. The maximum absolute atomic E-state index is 13.1. The minimum absolute atomic E-state index is 0.152. The van der Waals surface area contributed by atoms with Crippen LogP contribution in [0.3, 0.4) is 0 Å². The van der Waals surface area contributed by atoms with Crippen LogP contribution in [0.1, 0.15) is 6.42 Å². The standard InChI is InChI=1S/C21H22FN3O3/c22-15-3-5-16(6-4-15)23-7-9-24(10-8-23)17(26)12-25-20(27)18-13-1-2-14(11-13)19(18)21(25)28/h1-6,13-14,18-19H,7-12H2/t13-,14-,18-,19-/m0/s1. The Hall–Kier alpha value is -2.70. The molecule has 4 atom stereocenters. The van der Waals surface area contributed by atoms with Crippen molar-refractivity contribution < 1.29 is 18.8 Å². The molecular weight excluding hydrogens is 361 g/mol. The van der Waals surface area contributed by atoms with Gasteiger partial charge in [-0.15, -0.1) is 0 Å². The summed E-state index contributed by atoms with van der Waals surface area (Å²) in [6.45, 7) is 2.16. The smallest absolute Gasteiger partial charge is 0.242 e. The Morgan fingerprint density at radius 1 is 0.929 bits per heavy atom. The lowest BCUT2D eigenvalue weighted by atomic mass is 9.85. The quantitative estimate of drug-likeness (QED) is 0.583. The number of anilines is 1. The SMILES string of the molecule is O=C(CN1C(=O)[C@@H]2[C@@H](C1=O)[C@H]1C=C[C@H]2C1)N1CCN(c2ccc(F)cc2)CC1. The second kappa shape index (κ2) is 6.43. The van der Waals surface area contributed by atoms with Crippen LogP contribution in [0.25, 0.3) is 0 Å². The predicted octanol–water partition coefficient (Wildman–Crippen LogP) is 1.28.